The zero-order valence-electron chi connectivity index (χ0n) is 19.7. The fourth-order valence-electron chi connectivity index (χ4n) is 4.60. The number of fused-ring (bicyclic) bond motifs is 1. The number of carbonyl (C=O) groups excluding carboxylic acids is 1. The predicted molar refractivity (Wildman–Crippen MR) is 145 cm³/mol. The lowest BCUT2D eigenvalue weighted by molar-refractivity contribution is -0.134. The molecule has 0 spiro atoms. The van der Waals surface area contributed by atoms with Crippen molar-refractivity contribution in [3.8, 4) is 0 Å². The van der Waals surface area contributed by atoms with Gasteiger partial charge in [0.2, 0.25) is 5.91 Å². The summed E-state index contributed by atoms with van der Waals surface area (Å²) in [6.45, 7) is 4.11. The number of carbonyl (C=O) groups is 1. The molecule has 1 atom stereocenters. The van der Waals surface area contributed by atoms with Gasteiger partial charge in [-0.2, -0.15) is 0 Å². The van der Waals surface area contributed by atoms with E-state index in [0.717, 1.165) is 22.2 Å². The van der Waals surface area contributed by atoms with E-state index in [1.807, 2.05) is 46.9 Å². The number of nitrogens with zero attached hydrogens (tertiary/aromatic N) is 4. The predicted octanol–water partition coefficient (Wildman–Crippen LogP) is 3.88. The summed E-state index contributed by atoms with van der Waals surface area (Å²) in [4.78, 5) is 21.4. The van der Waals surface area contributed by atoms with E-state index in [9.17, 15) is 13.2 Å². The lowest BCUT2D eigenvalue weighted by Gasteiger charge is -2.41. The Hall–Kier alpha value is -3.70. The third-order valence-corrected chi connectivity index (χ3v) is 8.57. The Balaban J connectivity index is 0.00000320. The normalized spacial score (nSPS) is 16.3. The smallest absolute Gasteiger partial charge is 0.263 e. The minimum absolute atomic E-state index is 0. The Morgan fingerprint density at radius 2 is 2.00 bits per heavy atom. The maximum Gasteiger partial charge on any atom is 0.263 e. The molecule has 0 saturated carbocycles. The van der Waals surface area contributed by atoms with Crippen molar-refractivity contribution in [2.45, 2.75) is 24.4 Å². The molecule has 9 nitrogen and oxygen atoms in total. The lowest BCUT2D eigenvalue weighted by atomic mass is 10.1. The van der Waals surface area contributed by atoms with E-state index in [1.54, 1.807) is 35.8 Å². The van der Waals surface area contributed by atoms with Gasteiger partial charge in [-0.05, 0) is 37.3 Å². The van der Waals surface area contributed by atoms with E-state index in [1.165, 1.54) is 17.6 Å². The van der Waals surface area contributed by atoms with E-state index in [-0.39, 0.29) is 24.8 Å². The van der Waals surface area contributed by atoms with Crippen molar-refractivity contribution in [3.05, 3.63) is 71.9 Å². The number of hydrogen-bond donors (Lipinski definition) is 2. The number of nitrogens with one attached hydrogen (secondary N) is 2. The molecule has 1 unspecified atom stereocenters. The topological polar surface area (TPSA) is 111 Å². The van der Waals surface area contributed by atoms with E-state index in [0.29, 0.717) is 24.8 Å². The van der Waals surface area contributed by atoms with E-state index in [4.69, 9.17) is 5.41 Å². The molecule has 5 rings (SSSR count). The van der Waals surface area contributed by atoms with Crippen LogP contribution in [0.15, 0.2) is 71.2 Å². The van der Waals surface area contributed by atoms with Crippen LogP contribution in [0.1, 0.15) is 13.9 Å². The van der Waals surface area contributed by atoms with Crippen LogP contribution in [-0.4, -0.2) is 60.7 Å². The van der Waals surface area contributed by atoms with Crippen LogP contribution in [0.5, 0.6) is 0 Å². The van der Waals surface area contributed by atoms with Crippen LogP contribution in [0, 0.1) is 5.41 Å². The second kappa shape index (κ2) is 9.75. The van der Waals surface area contributed by atoms with Gasteiger partial charge in [-0.25, -0.2) is 13.4 Å². The average molecular weight is 525 g/mol. The summed E-state index contributed by atoms with van der Waals surface area (Å²) in [5, 5.41) is 10.7. The maximum absolute atomic E-state index is 13.2. The van der Waals surface area contributed by atoms with Gasteiger partial charge >= 0.3 is 0 Å². The first-order valence-electron chi connectivity index (χ1n) is 11.5. The van der Waals surface area contributed by atoms with Gasteiger partial charge in [0.05, 0.1) is 4.90 Å². The molecular weight excluding hydrogens is 496 g/mol. The van der Waals surface area contributed by atoms with Crippen LogP contribution in [-0.2, 0) is 21.4 Å². The largest absolute Gasteiger partial charge is 0.368 e. The van der Waals surface area contributed by atoms with Gasteiger partial charge in [-0.3, -0.25) is 9.52 Å². The number of amides is 1. The standard InChI is InChI=1S/C25H26N6O3S2.H2/c1-18-15-29(20-6-8-21(9-7-20)36(33,34)28-25-27-10-13-35-25)11-12-31(18)24(32)17-30-16-19(14-26)22-4-2-3-5-23(22)30;/h2-10,13-14,16,18,26H,11-12,15,17H2,1H3,(H,27,28);1H. The number of aromatic nitrogens is 2. The van der Waals surface area contributed by atoms with Gasteiger partial charge in [-0.1, -0.05) is 18.2 Å². The molecule has 1 aliphatic heterocycles. The molecule has 1 fully saturated rings. The van der Waals surface area contributed by atoms with Crippen LogP contribution < -0.4 is 9.62 Å². The molecule has 188 valence electrons. The number of thiazole rings is 1. The maximum atomic E-state index is 13.2. The molecule has 0 radical (unpaired) electrons. The fourth-order valence-corrected chi connectivity index (χ4v) is 6.39. The van der Waals surface area contributed by atoms with Crippen molar-refractivity contribution in [1.29, 1.82) is 5.41 Å². The molecule has 4 aromatic rings. The zero-order valence-corrected chi connectivity index (χ0v) is 21.3. The number of rotatable bonds is 7. The Labute approximate surface area is 215 Å². The van der Waals surface area contributed by atoms with E-state index >= 15 is 0 Å². The average Bonchev–Trinajstić information content (AvgIpc) is 3.51. The highest BCUT2D eigenvalue weighted by atomic mass is 32.2. The monoisotopic (exact) mass is 524 g/mol. The summed E-state index contributed by atoms with van der Waals surface area (Å²) < 4.78 is 29.6. The number of anilines is 2. The summed E-state index contributed by atoms with van der Waals surface area (Å²) in [6.07, 6.45) is 4.72. The number of sulfonamides is 1. The van der Waals surface area contributed by atoms with Gasteiger partial charge in [0, 0.05) is 73.2 Å². The number of piperazine rings is 1. The molecule has 0 bridgehead atoms. The first-order chi connectivity index (χ1) is 17.4. The first kappa shape index (κ1) is 24.0. The molecule has 1 aliphatic rings. The second-order valence-corrected chi connectivity index (χ2v) is 11.3. The molecule has 0 aliphatic carbocycles. The summed E-state index contributed by atoms with van der Waals surface area (Å²) in [7, 11) is -3.70. The van der Waals surface area contributed by atoms with Crippen molar-refractivity contribution in [3.63, 3.8) is 0 Å². The van der Waals surface area contributed by atoms with Gasteiger partial charge < -0.3 is 19.8 Å². The van der Waals surface area contributed by atoms with Gasteiger partial charge in [0.25, 0.3) is 10.0 Å². The van der Waals surface area contributed by atoms with Crippen LogP contribution in [0.25, 0.3) is 10.9 Å². The summed E-state index contributed by atoms with van der Waals surface area (Å²) in [6, 6.07) is 14.6. The second-order valence-electron chi connectivity index (χ2n) is 8.69. The van der Waals surface area contributed by atoms with Crippen molar-refractivity contribution in [1.82, 2.24) is 14.5 Å². The van der Waals surface area contributed by atoms with Crippen LogP contribution in [0.4, 0.5) is 10.8 Å². The van der Waals surface area contributed by atoms with Gasteiger partial charge in [0.1, 0.15) is 6.54 Å². The molecule has 1 saturated heterocycles. The molecule has 3 heterocycles. The van der Waals surface area contributed by atoms with Crippen molar-refractivity contribution in [2.24, 2.45) is 0 Å². The van der Waals surface area contributed by atoms with Crippen molar-refractivity contribution >= 4 is 55.2 Å². The SMILES string of the molecule is CC1CN(c2ccc(S(=O)(=O)Nc3nccs3)cc2)CCN1C(=O)Cn1cc(C=N)c2ccccc21.[HH]. The van der Waals surface area contributed by atoms with Crippen LogP contribution in [0.3, 0.4) is 0 Å². The molecule has 2 aromatic carbocycles. The van der Waals surface area contributed by atoms with Gasteiger partial charge in [-0.15, -0.1) is 11.3 Å². The molecule has 2 aromatic heterocycles. The third-order valence-electron chi connectivity index (χ3n) is 6.39. The Morgan fingerprint density at radius 1 is 1.22 bits per heavy atom. The lowest BCUT2D eigenvalue weighted by Crippen LogP contribution is -2.54. The highest BCUT2D eigenvalue weighted by Gasteiger charge is 2.28. The molecule has 1 amide bonds. The fraction of sp³-hybridized carbons (Fsp3) is 0.240. The van der Waals surface area contributed by atoms with Crippen LogP contribution in [0.2, 0.25) is 0 Å². The zero-order chi connectivity index (χ0) is 25.3. The Morgan fingerprint density at radius 3 is 2.69 bits per heavy atom. The quantitative estimate of drug-likeness (QED) is 0.357. The van der Waals surface area contributed by atoms with Crippen molar-refractivity contribution < 1.29 is 14.6 Å². The molecule has 2 N–H and O–H groups in total. The van der Waals surface area contributed by atoms with Gasteiger partial charge in [0.15, 0.2) is 5.13 Å². The molecule has 11 heteroatoms. The number of benzene rings is 2. The van der Waals surface area contributed by atoms with Crippen LogP contribution >= 0.6 is 11.3 Å². The summed E-state index contributed by atoms with van der Waals surface area (Å²) >= 11 is 1.22. The first-order valence-corrected chi connectivity index (χ1v) is 13.9. The summed E-state index contributed by atoms with van der Waals surface area (Å²) in [5.41, 5.74) is 2.65. The minimum Gasteiger partial charge on any atom is -0.368 e. The Kier molecular flexibility index (Phi) is 6.50. The molecular formula is C25H28N6O3S2. The van der Waals surface area contributed by atoms with E-state index < -0.39 is 10.0 Å². The van der Waals surface area contributed by atoms with Crippen molar-refractivity contribution in [2.75, 3.05) is 29.3 Å². The summed E-state index contributed by atoms with van der Waals surface area (Å²) in [5.74, 6) is 0.0362. The molecule has 36 heavy (non-hydrogen) atoms. The highest BCUT2D eigenvalue weighted by Crippen LogP contribution is 2.24. The number of hydrogen-bond acceptors (Lipinski definition) is 7. The van der Waals surface area contributed by atoms with E-state index in [2.05, 4.69) is 14.6 Å². The highest BCUT2D eigenvalue weighted by molar-refractivity contribution is 7.93. The third kappa shape index (κ3) is 4.71. The number of para-hydroxylation sites is 1. The minimum atomic E-state index is -3.70. The Bertz CT molecular complexity index is 1500.